The van der Waals surface area contributed by atoms with Crippen LogP contribution in [-0.4, -0.2) is 20.7 Å². The summed E-state index contributed by atoms with van der Waals surface area (Å²) in [5.74, 6) is 0.682. The van der Waals surface area contributed by atoms with Crippen molar-refractivity contribution >= 4 is 17.8 Å². The lowest BCUT2D eigenvalue weighted by Gasteiger charge is -2.22. The Hall–Kier alpha value is -2.62. The number of hydrogen-bond acceptors (Lipinski definition) is 3. The molecule has 4 heteroatoms. The molecule has 0 aliphatic heterocycles. The van der Waals surface area contributed by atoms with Gasteiger partial charge < -0.3 is 4.74 Å². The lowest BCUT2D eigenvalue weighted by molar-refractivity contribution is 0.146. The first kappa shape index (κ1) is 14.9. The van der Waals surface area contributed by atoms with Gasteiger partial charge in [-0.3, -0.25) is 0 Å². The number of imidazole rings is 1. The van der Waals surface area contributed by atoms with Crippen LogP contribution in [0.3, 0.4) is 0 Å². The summed E-state index contributed by atoms with van der Waals surface area (Å²) in [7, 11) is 0. The van der Waals surface area contributed by atoms with Crippen molar-refractivity contribution < 1.29 is 4.74 Å². The summed E-state index contributed by atoms with van der Waals surface area (Å²) in [5.41, 5.74) is 2.93. The van der Waals surface area contributed by atoms with Gasteiger partial charge in [0.1, 0.15) is 6.10 Å². The first-order chi connectivity index (χ1) is 11.9. The second-order valence-electron chi connectivity index (χ2n) is 6.25. The summed E-state index contributed by atoms with van der Waals surface area (Å²) in [6.07, 6.45) is 12.3. The van der Waals surface area contributed by atoms with E-state index in [0.29, 0.717) is 12.0 Å². The summed E-state index contributed by atoms with van der Waals surface area (Å²) in [6, 6.07) is 14.1. The zero-order valence-electron chi connectivity index (χ0n) is 13.6. The first-order valence-corrected chi connectivity index (χ1v) is 8.63. The highest BCUT2D eigenvalue weighted by atomic mass is 16.5. The Morgan fingerprint density at radius 1 is 0.958 bits per heavy atom. The molecule has 0 atom stereocenters. The fourth-order valence-corrected chi connectivity index (χ4v) is 3.15. The molecule has 0 spiro atoms. The van der Waals surface area contributed by atoms with Crippen molar-refractivity contribution in [2.24, 2.45) is 0 Å². The Kier molecular flexibility index (Phi) is 4.28. The molecule has 3 aromatic rings. The lowest BCUT2D eigenvalue weighted by atomic mass is 9.98. The molecule has 0 radical (unpaired) electrons. The van der Waals surface area contributed by atoms with Gasteiger partial charge in [-0.2, -0.15) is 0 Å². The topological polar surface area (TPSA) is 39.4 Å². The van der Waals surface area contributed by atoms with Crippen LogP contribution in [0, 0.1) is 0 Å². The average molecular weight is 319 g/mol. The highest BCUT2D eigenvalue weighted by Crippen LogP contribution is 2.22. The SMILES string of the molecule is C(=C\c1cnc2ccc(OC3CCCCC3)nn12)/c1ccccc1. The van der Waals surface area contributed by atoms with Crippen LogP contribution < -0.4 is 4.74 Å². The van der Waals surface area contributed by atoms with Gasteiger partial charge in [0.15, 0.2) is 5.65 Å². The highest BCUT2D eigenvalue weighted by Gasteiger charge is 2.16. The van der Waals surface area contributed by atoms with Crippen molar-refractivity contribution in [1.82, 2.24) is 14.6 Å². The van der Waals surface area contributed by atoms with Crippen molar-refractivity contribution in [3.05, 3.63) is 59.9 Å². The van der Waals surface area contributed by atoms with Crippen LogP contribution >= 0.6 is 0 Å². The fourth-order valence-electron chi connectivity index (χ4n) is 3.15. The van der Waals surface area contributed by atoms with Gasteiger partial charge in [0.2, 0.25) is 5.88 Å². The quantitative estimate of drug-likeness (QED) is 0.705. The Balaban J connectivity index is 1.57. The zero-order chi connectivity index (χ0) is 16.2. The molecule has 1 aliphatic rings. The minimum atomic E-state index is 0.301. The molecule has 0 unspecified atom stereocenters. The molecular weight excluding hydrogens is 298 g/mol. The van der Waals surface area contributed by atoms with E-state index in [1.807, 2.05) is 47.1 Å². The summed E-state index contributed by atoms with van der Waals surface area (Å²) in [6.45, 7) is 0. The van der Waals surface area contributed by atoms with Gasteiger partial charge in [0, 0.05) is 6.07 Å². The predicted octanol–water partition coefficient (Wildman–Crippen LogP) is 4.61. The van der Waals surface area contributed by atoms with Gasteiger partial charge in [-0.15, -0.1) is 5.10 Å². The van der Waals surface area contributed by atoms with E-state index in [9.17, 15) is 0 Å². The molecule has 0 amide bonds. The number of benzene rings is 1. The molecule has 24 heavy (non-hydrogen) atoms. The van der Waals surface area contributed by atoms with Crippen LogP contribution in [-0.2, 0) is 0 Å². The molecular formula is C20H21N3O. The van der Waals surface area contributed by atoms with Crippen LogP contribution in [0.2, 0.25) is 0 Å². The molecule has 0 N–H and O–H groups in total. The van der Waals surface area contributed by atoms with E-state index in [-0.39, 0.29) is 0 Å². The molecule has 2 heterocycles. The standard InChI is InChI=1S/C20H21N3O/c1-3-7-16(8-4-1)11-12-17-15-21-19-13-14-20(22-23(17)19)24-18-9-5-2-6-10-18/h1,3-4,7-8,11-15,18H,2,5-6,9-10H2/b12-11+. The molecule has 0 saturated heterocycles. The zero-order valence-corrected chi connectivity index (χ0v) is 13.6. The Morgan fingerprint density at radius 3 is 2.62 bits per heavy atom. The van der Waals surface area contributed by atoms with Crippen LogP contribution in [0.25, 0.3) is 17.8 Å². The molecule has 1 saturated carbocycles. The van der Waals surface area contributed by atoms with Crippen LogP contribution in [0.5, 0.6) is 5.88 Å². The van der Waals surface area contributed by atoms with Crippen molar-refractivity contribution in [1.29, 1.82) is 0 Å². The minimum absolute atomic E-state index is 0.301. The van der Waals surface area contributed by atoms with E-state index < -0.39 is 0 Å². The van der Waals surface area contributed by atoms with E-state index in [4.69, 9.17) is 4.74 Å². The molecule has 1 aliphatic carbocycles. The van der Waals surface area contributed by atoms with E-state index in [1.165, 1.54) is 19.3 Å². The van der Waals surface area contributed by atoms with Crippen molar-refractivity contribution in [2.45, 2.75) is 38.2 Å². The Bertz CT molecular complexity index is 832. The van der Waals surface area contributed by atoms with E-state index in [2.05, 4.69) is 28.3 Å². The van der Waals surface area contributed by atoms with Gasteiger partial charge in [-0.1, -0.05) is 42.8 Å². The van der Waals surface area contributed by atoms with Gasteiger partial charge >= 0.3 is 0 Å². The van der Waals surface area contributed by atoms with Crippen LogP contribution in [0.1, 0.15) is 43.4 Å². The van der Waals surface area contributed by atoms with Gasteiger partial charge in [-0.25, -0.2) is 9.50 Å². The fraction of sp³-hybridized carbons (Fsp3) is 0.300. The monoisotopic (exact) mass is 319 g/mol. The van der Waals surface area contributed by atoms with Crippen LogP contribution in [0.15, 0.2) is 48.7 Å². The molecule has 4 nitrogen and oxygen atoms in total. The Labute approximate surface area is 141 Å². The number of ether oxygens (including phenoxy) is 1. The van der Waals surface area contributed by atoms with Crippen molar-refractivity contribution in [3.63, 3.8) is 0 Å². The second kappa shape index (κ2) is 6.87. The average Bonchev–Trinajstić information content (AvgIpc) is 3.04. The van der Waals surface area contributed by atoms with E-state index in [1.54, 1.807) is 0 Å². The number of hydrogen-bond donors (Lipinski definition) is 0. The van der Waals surface area contributed by atoms with Gasteiger partial charge in [0.05, 0.1) is 11.9 Å². The highest BCUT2D eigenvalue weighted by molar-refractivity contribution is 5.69. The maximum atomic E-state index is 6.07. The normalized spacial score (nSPS) is 16.0. The largest absolute Gasteiger partial charge is 0.473 e. The predicted molar refractivity (Wildman–Crippen MR) is 95.9 cm³/mol. The molecule has 4 rings (SSSR count). The summed E-state index contributed by atoms with van der Waals surface area (Å²) in [5, 5.41) is 4.62. The first-order valence-electron chi connectivity index (χ1n) is 8.63. The maximum Gasteiger partial charge on any atom is 0.232 e. The molecule has 2 aromatic heterocycles. The van der Waals surface area contributed by atoms with Gasteiger partial charge in [-0.05, 0) is 43.4 Å². The number of aromatic nitrogens is 3. The Morgan fingerprint density at radius 2 is 1.79 bits per heavy atom. The third-order valence-electron chi connectivity index (χ3n) is 4.45. The van der Waals surface area contributed by atoms with E-state index >= 15 is 0 Å². The summed E-state index contributed by atoms with van der Waals surface area (Å²) < 4.78 is 7.91. The molecule has 0 bridgehead atoms. The minimum Gasteiger partial charge on any atom is -0.473 e. The third-order valence-corrected chi connectivity index (χ3v) is 4.45. The summed E-state index contributed by atoms with van der Waals surface area (Å²) >= 11 is 0. The summed E-state index contributed by atoms with van der Waals surface area (Å²) in [4.78, 5) is 4.41. The van der Waals surface area contributed by atoms with Crippen LogP contribution in [0.4, 0.5) is 0 Å². The van der Waals surface area contributed by atoms with E-state index in [0.717, 1.165) is 29.7 Å². The number of fused-ring (bicyclic) bond motifs is 1. The molecule has 122 valence electrons. The maximum absolute atomic E-state index is 6.07. The second-order valence-corrected chi connectivity index (χ2v) is 6.25. The van der Waals surface area contributed by atoms with Gasteiger partial charge in [0.25, 0.3) is 0 Å². The third kappa shape index (κ3) is 3.32. The number of rotatable bonds is 4. The number of nitrogens with zero attached hydrogens (tertiary/aromatic N) is 3. The van der Waals surface area contributed by atoms with Crippen molar-refractivity contribution in [3.8, 4) is 5.88 Å². The lowest BCUT2D eigenvalue weighted by Crippen LogP contribution is -2.20. The molecule has 1 aromatic carbocycles. The van der Waals surface area contributed by atoms with Crippen molar-refractivity contribution in [2.75, 3.05) is 0 Å². The molecule has 1 fully saturated rings. The smallest absolute Gasteiger partial charge is 0.232 e.